The topological polar surface area (TPSA) is 62.3 Å². The first-order valence-corrected chi connectivity index (χ1v) is 7.36. The van der Waals surface area contributed by atoms with Crippen molar-refractivity contribution in [1.29, 1.82) is 0 Å². The average Bonchev–Trinajstić information content (AvgIpc) is 3.16. The van der Waals surface area contributed by atoms with Crippen LogP contribution in [0.25, 0.3) is 0 Å². The Kier molecular flexibility index (Phi) is 3.99. The Morgan fingerprint density at radius 1 is 1.29 bits per heavy atom. The molecular weight excluding hydrogens is 266 g/mol. The van der Waals surface area contributed by atoms with Gasteiger partial charge in [-0.05, 0) is 31.0 Å². The fourth-order valence-electron chi connectivity index (χ4n) is 2.76. The second kappa shape index (κ2) is 6.08. The minimum absolute atomic E-state index is 0.427. The maximum atomic E-state index is 5.94. The summed E-state index contributed by atoms with van der Waals surface area (Å²) in [7, 11) is 1.62. The molecule has 0 radical (unpaired) electrons. The summed E-state index contributed by atoms with van der Waals surface area (Å²) in [5, 5.41) is 4.60. The molecule has 3 rings (SSSR count). The van der Waals surface area contributed by atoms with Gasteiger partial charge < -0.3 is 15.2 Å². The van der Waals surface area contributed by atoms with E-state index in [-0.39, 0.29) is 0 Å². The Balaban J connectivity index is 1.62. The number of hydrogen-bond acceptors (Lipinski definition) is 4. The van der Waals surface area contributed by atoms with Crippen LogP contribution in [0.15, 0.2) is 30.5 Å². The third-order valence-electron chi connectivity index (χ3n) is 3.95. The van der Waals surface area contributed by atoms with Crippen molar-refractivity contribution in [2.75, 3.05) is 12.8 Å². The molecule has 1 heterocycles. The average molecular weight is 287 g/mol. The fraction of sp³-hybridized carbons (Fsp3) is 0.438. The van der Waals surface area contributed by atoms with E-state index in [4.69, 9.17) is 15.2 Å². The summed E-state index contributed by atoms with van der Waals surface area (Å²) >= 11 is 0. The number of nitrogens with two attached hydrogens (primary N) is 1. The molecule has 0 amide bonds. The van der Waals surface area contributed by atoms with Crippen molar-refractivity contribution in [1.82, 2.24) is 9.78 Å². The predicted octanol–water partition coefficient (Wildman–Crippen LogP) is 3.17. The van der Waals surface area contributed by atoms with Crippen molar-refractivity contribution in [3.05, 3.63) is 36.2 Å². The third-order valence-corrected chi connectivity index (χ3v) is 3.95. The molecule has 2 aromatic rings. The molecule has 112 valence electrons. The zero-order chi connectivity index (χ0) is 14.7. The Bertz CT molecular complexity index is 603. The van der Waals surface area contributed by atoms with Gasteiger partial charge in [0.05, 0.1) is 24.5 Å². The number of nitrogens with zero attached hydrogens (tertiary/aromatic N) is 2. The van der Waals surface area contributed by atoms with Gasteiger partial charge in [0, 0.05) is 12.3 Å². The van der Waals surface area contributed by atoms with Crippen LogP contribution in [0.5, 0.6) is 11.5 Å². The van der Waals surface area contributed by atoms with E-state index in [0.717, 1.165) is 11.4 Å². The van der Waals surface area contributed by atoms with E-state index in [1.54, 1.807) is 13.2 Å². The number of methoxy groups -OCH3 is 1. The SMILES string of the molecule is COc1ccc(OCc2ccn(C3CCCC3)n2)c(N)c1. The van der Waals surface area contributed by atoms with Crippen LogP contribution in [0.3, 0.4) is 0 Å². The van der Waals surface area contributed by atoms with Gasteiger partial charge in [0.25, 0.3) is 0 Å². The summed E-state index contributed by atoms with van der Waals surface area (Å²) in [6, 6.07) is 7.99. The van der Waals surface area contributed by atoms with Crippen LogP contribution in [-0.2, 0) is 6.61 Å². The van der Waals surface area contributed by atoms with E-state index in [1.165, 1.54) is 25.7 Å². The molecule has 0 unspecified atom stereocenters. The van der Waals surface area contributed by atoms with Gasteiger partial charge in [-0.2, -0.15) is 5.10 Å². The number of hydrogen-bond donors (Lipinski definition) is 1. The first kappa shape index (κ1) is 13.8. The number of nitrogen functional groups attached to an aromatic ring is 1. The highest BCUT2D eigenvalue weighted by Gasteiger charge is 2.17. The number of aromatic nitrogens is 2. The zero-order valence-electron chi connectivity index (χ0n) is 12.3. The zero-order valence-corrected chi connectivity index (χ0v) is 12.3. The molecule has 0 bridgehead atoms. The fourth-order valence-corrected chi connectivity index (χ4v) is 2.76. The van der Waals surface area contributed by atoms with Crippen molar-refractivity contribution < 1.29 is 9.47 Å². The van der Waals surface area contributed by atoms with Crippen LogP contribution in [0.1, 0.15) is 37.4 Å². The van der Waals surface area contributed by atoms with E-state index >= 15 is 0 Å². The van der Waals surface area contributed by atoms with Crippen LogP contribution < -0.4 is 15.2 Å². The summed E-state index contributed by atoms with van der Waals surface area (Å²) in [4.78, 5) is 0. The van der Waals surface area contributed by atoms with Gasteiger partial charge in [-0.15, -0.1) is 0 Å². The van der Waals surface area contributed by atoms with E-state index in [1.807, 2.05) is 24.4 Å². The van der Waals surface area contributed by atoms with Gasteiger partial charge in [0.15, 0.2) is 0 Å². The monoisotopic (exact) mass is 287 g/mol. The lowest BCUT2D eigenvalue weighted by Crippen LogP contribution is -2.06. The largest absolute Gasteiger partial charge is 0.497 e. The second-order valence-corrected chi connectivity index (χ2v) is 5.42. The maximum Gasteiger partial charge on any atom is 0.143 e. The first-order chi connectivity index (χ1) is 10.3. The standard InChI is InChI=1S/C16H21N3O2/c1-20-14-6-7-16(15(17)10-14)21-11-12-8-9-19(18-12)13-4-2-3-5-13/h6-10,13H,2-5,11,17H2,1H3. The van der Waals surface area contributed by atoms with Crippen LogP contribution in [0, 0.1) is 0 Å². The molecule has 0 atom stereocenters. The quantitative estimate of drug-likeness (QED) is 0.858. The van der Waals surface area contributed by atoms with Gasteiger partial charge in [-0.3, -0.25) is 4.68 Å². The highest BCUT2D eigenvalue weighted by atomic mass is 16.5. The Morgan fingerprint density at radius 3 is 2.81 bits per heavy atom. The molecule has 2 N–H and O–H groups in total. The molecule has 0 aliphatic heterocycles. The molecule has 5 nitrogen and oxygen atoms in total. The van der Waals surface area contributed by atoms with Gasteiger partial charge in [0.2, 0.25) is 0 Å². The first-order valence-electron chi connectivity index (χ1n) is 7.36. The molecule has 1 saturated carbocycles. The Hall–Kier alpha value is -2.17. The molecule has 1 fully saturated rings. The summed E-state index contributed by atoms with van der Waals surface area (Å²) in [6.45, 7) is 0.427. The molecule has 0 saturated heterocycles. The van der Waals surface area contributed by atoms with Crippen LogP contribution in [0.2, 0.25) is 0 Å². The molecular formula is C16H21N3O2. The van der Waals surface area contributed by atoms with Gasteiger partial charge in [-0.1, -0.05) is 12.8 Å². The molecule has 5 heteroatoms. The van der Waals surface area contributed by atoms with Gasteiger partial charge in [0.1, 0.15) is 18.1 Å². The summed E-state index contributed by atoms with van der Waals surface area (Å²) in [5.74, 6) is 1.39. The summed E-state index contributed by atoms with van der Waals surface area (Å²) < 4.78 is 12.9. The molecule has 1 aliphatic rings. The van der Waals surface area contributed by atoms with E-state index in [0.29, 0.717) is 24.1 Å². The van der Waals surface area contributed by atoms with Crippen molar-refractivity contribution in [2.45, 2.75) is 38.3 Å². The predicted molar refractivity (Wildman–Crippen MR) is 81.5 cm³/mol. The number of rotatable bonds is 5. The number of anilines is 1. The molecule has 1 aliphatic carbocycles. The van der Waals surface area contributed by atoms with Crippen molar-refractivity contribution in [3.8, 4) is 11.5 Å². The highest BCUT2D eigenvalue weighted by molar-refractivity contribution is 5.56. The van der Waals surface area contributed by atoms with E-state index in [9.17, 15) is 0 Å². The molecule has 0 spiro atoms. The van der Waals surface area contributed by atoms with Crippen molar-refractivity contribution in [2.24, 2.45) is 0 Å². The maximum absolute atomic E-state index is 5.94. The Labute approximate surface area is 124 Å². The lowest BCUT2D eigenvalue weighted by Gasteiger charge is -2.10. The summed E-state index contributed by atoms with van der Waals surface area (Å²) in [6.07, 6.45) is 7.12. The lowest BCUT2D eigenvalue weighted by molar-refractivity contribution is 0.299. The minimum Gasteiger partial charge on any atom is -0.497 e. The van der Waals surface area contributed by atoms with Gasteiger partial charge in [-0.25, -0.2) is 0 Å². The minimum atomic E-state index is 0.427. The number of ether oxygens (including phenoxy) is 2. The van der Waals surface area contributed by atoms with Crippen molar-refractivity contribution >= 4 is 5.69 Å². The van der Waals surface area contributed by atoms with Crippen LogP contribution in [-0.4, -0.2) is 16.9 Å². The van der Waals surface area contributed by atoms with Crippen molar-refractivity contribution in [3.63, 3.8) is 0 Å². The van der Waals surface area contributed by atoms with Crippen LogP contribution in [0.4, 0.5) is 5.69 Å². The molecule has 1 aromatic carbocycles. The van der Waals surface area contributed by atoms with E-state index < -0.39 is 0 Å². The Morgan fingerprint density at radius 2 is 2.10 bits per heavy atom. The smallest absolute Gasteiger partial charge is 0.143 e. The summed E-state index contributed by atoms with van der Waals surface area (Å²) in [5.41, 5.74) is 7.44. The van der Waals surface area contributed by atoms with Gasteiger partial charge >= 0.3 is 0 Å². The number of benzene rings is 1. The van der Waals surface area contributed by atoms with E-state index in [2.05, 4.69) is 9.78 Å². The second-order valence-electron chi connectivity index (χ2n) is 5.42. The lowest BCUT2D eigenvalue weighted by atomic mass is 10.3. The third kappa shape index (κ3) is 3.12. The van der Waals surface area contributed by atoms with Crippen LogP contribution >= 0.6 is 0 Å². The normalized spacial score (nSPS) is 15.3. The highest BCUT2D eigenvalue weighted by Crippen LogP contribution is 2.29. The molecule has 21 heavy (non-hydrogen) atoms. The molecule has 1 aromatic heterocycles.